The third-order valence-corrected chi connectivity index (χ3v) is 3.09. The maximum atomic E-state index is 9.09. The quantitative estimate of drug-likeness (QED) is 0.640. The van der Waals surface area contributed by atoms with Gasteiger partial charge in [-0.3, -0.25) is 0 Å². The van der Waals surface area contributed by atoms with E-state index in [-0.39, 0.29) is 0 Å². The molecule has 0 atom stereocenters. The Bertz CT molecular complexity index is 685. The number of benzene rings is 1. The topological polar surface area (TPSA) is 63.2 Å². The number of aromatic nitrogens is 2. The third-order valence-electron chi connectivity index (χ3n) is 2.68. The van der Waals surface area contributed by atoms with Gasteiger partial charge in [-0.25, -0.2) is 4.68 Å². The third kappa shape index (κ3) is 2.81. The summed E-state index contributed by atoms with van der Waals surface area (Å²) >= 11 is 6.11. The van der Waals surface area contributed by atoms with Crippen molar-refractivity contribution in [3.8, 4) is 11.8 Å². The van der Waals surface area contributed by atoms with Gasteiger partial charge < -0.3 is 4.74 Å². The molecule has 5 nitrogen and oxygen atoms in total. The largest absolute Gasteiger partial charge is 0.483 e. The maximum Gasteiger partial charge on any atom is 0.176 e. The zero-order chi connectivity index (χ0) is 14.5. The first-order valence-electron chi connectivity index (χ1n) is 6.06. The van der Waals surface area contributed by atoms with Gasteiger partial charge >= 0.3 is 0 Å². The van der Waals surface area contributed by atoms with Crippen LogP contribution in [-0.4, -0.2) is 22.8 Å². The normalized spacial score (nSPS) is 10.7. The Morgan fingerprint density at radius 1 is 1.55 bits per heavy atom. The predicted molar refractivity (Wildman–Crippen MR) is 77.8 cm³/mol. The van der Waals surface area contributed by atoms with Crippen molar-refractivity contribution in [2.24, 2.45) is 4.99 Å². The van der Waals surface area contributed by atoms with E-state index in [4.69, 9.17) is 21.6 Å². The molecule has 0 unspecified atom stereocenters. The Kier molecular flexibility index (Phi) is 4.38. The Balaban J connectivity index is 2.48. The van der Waals surface area contributed by atoms with E-state index in [1.165, 1.54) is 12.6 Å². The Hall–Kier alpha value is -2.32. The van der Waals surface area contributed by atoms with Crippen LogP contribution in [0.25, 0.3) is 5.69 Å². The van der Waals surface area contributed by atoms with Gasteiger partial charge in [0.15, 0.2) is 12.2 Å². The minimum absolute atomic E-state index is 0.373. The Morgan fingerprint density at radius 2 is 2.35 bits per heavy atom. The summed E-state index contributed by atoms with van der Waals surface area (Å²) in [6.07, 6.45) is 2.77. The first-order chi connectivity index (χ1) is 9.67. The summed E-state index contributed by atoms with van der Waals surface area (Å²) < 4.78 is 6.63. The number of rotatable bonds is 4. The molecule has 0 amide bonds. The van der Waals surface area contributed by atoms with E-state index in [9.17, 15) is 0 Å². The summed E-state index contributed by atoms with van der Waals surface area (Å²) in [5.41, 5.74) is 2.09. The fraction of sp³-hybridized carbons (Fsp3) is 0.214. The Labute approximate surface area is 122 Å². The molecule has 1 aromatic heterocycles. The molecule has 0 N–H and O–H groups in total. The summed E-state index contributed by atoms with van der Waals surface area (Å²) in [4.78, 5) is 4.14. The van der Waals surface area contributed by atoms with Crippen LogP contribution in [0.5, 0.6) is 0 Å². The minimum atomic E-state index is 0.373. The first-order valence-corrected chi connectivity index (χ1v) is 6.44. The highest BCUT2D eigenvalue weighted by Gasteiger charge is 2.11. The molecule has 0 bridgehead atoms. The molecule has 0 fully saturated rings. The fourth-order valence-electron chi connectivity index (χ4n) is 1.61. The number of halogens is 1. The van der Waals surface area contributed by atoms with E-state index in [2.05, 4.69) is 16.2 Å². The molecule has 6 heteroatoms. The highest BCUT2D eigenvalue weighted by atomic mass is 35.5. The lowest BCUT2D eigenvalue weighted by Crippen LogP contribution is -1.97. The van der Waals surface area contributed by atoms with E-state index >= 15 is 0 Å². The van der Waals surface area contributed by atoms with Crippen molar-refractivity contribution >= 4 is 23.8 Å². The monoisotopic (exact) mass is 288 g/mol. The van der Waals surface area contributed by atoms with Crippen molar-refractivity contribution < 1.29 is 4.74 Å². The average molecular weight is 289 g/mol. The summed E-state index contributed by atoms with van der Waals surface area (Å²) in [6.45, 7) is 4.29. The van der Waals surface area contributed by atoms with Crippen molar-refractivity contribution in [2.75, 3.05) is 6.61 Å². The van der Waals surface area contributed by atoms with Gasteiger partial charge in [0, 0.05) is 5.02 Å². The van der Waals surface area contributed by atoms with Gasteiger partial charge in [0.25, 0.3) is 0 Å². The SMILES string of the molecule is CCOC=Nc1c(C#N)cnn1-c1ccc(C)c(Cl)c1. The molecule has 0 radical (unpaired) electrons. The van der Waals surface area contributed by atoms with Gasteiger partial charge in [-0.15, -0.1) is 0 Å². The van der Waals surface area contributed by atoms with E-state index in [0.717, 1.165) is 11.3 Å². The number of aryl methyl sites for hydroxylation is 1. The molecule has 2 aromatic rings. The summed E-state index contributed by atoms with van der Waals surface area (Å²) in [5, 5.41) is 13.9. The van der Waals surface area contributed by atoms with Crippen LogP contribution in [0.2, 0.25) is 5.02 Å². The second-order valence-electron chi connectivity index (χ2n) is 4.03. The van der Waals surface area contributed by atoms with E-state index in [1.807, 2.05) is 26.0 Å². The van der Waals surface area contributed by atoms with Gasteiger partial charge in [0.1, 0.15) is 11.6 Å². The molecule has 2 rings (SSSR count). The van der Waals surface area contributed by atoms with Gasteiger partial charge in [-0.2, -0.15) is 15.4 Å². The van der Waals surface area contributed by atoms with Crippen LogP contribution in [0.4, 0.5) is 5.82 Å². The molecule has 1 heterocycles. The summed E-state index contributed by atoms with van der Waals surface area (Å²) in [7, 11) is 0. The first kappa shape index (κ1) is 14.1. The van der Waals surface area contributed by atoms with Gasteiger partial charge in [0.2, 0.25) is 0 Å². The van der Waals surface area contributed by atoms with E-state index in [0.29, 0.717) is 23.0 Å². The van der Waals surface area contributed by atoms with Gasteiger partial charge in [0.05, 0.1) is 18.5 Å². The number of nitrogens with zero attached hydrogens (tertiary/aromatic N) is 4. The number of ether oxygens (including phenoxy) is 1. The average Bonchev–Trinajstić information content (AvgIpc) is 2.85. The van der Waals surface area contributed by atoms with Crippen molar-refractivity contribution in [1.29, 1.82) is 5.26 Å². The molecular weight excluding hydrogens is 276 g/mol. The molecule has 0 saturated carbocycles. The number of hydrogen-bond acceptors (Lipinski definition) is 4. The second-order valence-corrected chi connectivity index (χ2v) is 4.44. The molecular formula is C14H13ClN4O. The number of nitriles is 1. The van der Waals surface area contributed by atoms with E-state index in [1.54, 1.807) is 10.7 Å². The van der Waals surface area contributed by atoms with Crippen LogP contribution in [0.1, 0.15) is 18.1 Å². The zero-order valence-electron chi connectivity index (χ0n) is 11.2. The molecule has 0 saturated heterocycles. The van der Waals surface area contributed by atoms with Crippen LogP contribution in [0, 0.1) is 18.3 Å². The molecule has 0 aliphatic carbocycles. The molecule has 0 aliphatic heterocycles. The Morgan fingerprint density at radius 3 is 3.00 bits per heavy atom. The van der Waals surface area contributed by atoms with Crippen LogP contribution >= 0.6 is 11.6 Å². The highest BCUT2D eigenvalue weighted by Crippen LogP contribution is 2.25. The van der Waals surface area contributed by atoms with Crippen LogP contribution < -0.4 is 0 Å². The number of hydrogen-bond donors (Lipinski definition) is 0. The molecule has 20 heavy (non-hydrogen) atoms. The van der Waals surface area contributed by atoms with Crippen LogP contribution in [0.15, 0.2) is 29.4 Å². The second kappa shape index (κ2) is 6.22. The van der Waals surface area contributed by atoms with Crippen molar-refractivity contribution in [3.63, 3.8) is 0 Å². The molecule has 0 aliphatic rings. The van der Waals surface area contributed by atoms with Crippen LogP contribution in [-0.2, 0) is 4.74 Å². The highest BCUT2D eigenvalue weighted by molar-refractivity contribution is 6.31. The van der Waals surface area contributed by atoms with Gasteiger partial charge in [-0.1, -0.05) is 17.7 Å². The zero-order valence-corrected chi connectivity index (χ0v) is 11.9. The van der Waals surface area contributed by atoms with Crippen molar-refractivity contribution in [1.82, 2.24) is 9.78 Å². The van der Waals surface area contributed by atoms with Crippen molar-refractivity contribution in [3.05, 3.63) is 40.5 Å². The van der Waals surface area contributed by atoms with Gasteiger partial charge in [-0.05, 0) is 31.5 Å². The van der Waals surface area contributed by atoms with Crippen molar-refractivity contribution in [2.45, 2.75) is 13.8 Å². The molecule has 102 valence electrons. The molecule has 1 aromatic carbocycles. The molecule has 0 spiro atoms. The fourth-order valence-corrected chi connectivity index (χ4v) is 1.78. The van der Waals surface area contributed by atoms with Crippen LogP contribution in [0.3, 0.4) is 0 Å². The lowest BCUT2D eigenvalue weighted by atomic mass is 10.2. The minimum Gasteiger partial charge on any atom is -0.483 e. The predicted octanol–water partition coefficient (Wildman–Crippen LogP) is 3.40. The maximum absolute atomic E-state index is 9.09. The number of aliphatic imine (C=N–C) groups is 1. The summed E-state index contributed by atoms with van der Waals surface area (Å²) in [6, 6.07) is 7.60. The summed E-state index contributed by atoms with van der Waals surface area (Å²) in [5.74, 6) is 0.417. The smallest absolute Gasteiger partial charge is 0.176 e. The lowest BCUT2D eigenvalue weighted by molar-refractivity contribution is 0.343. The van der Waals surface area contributed by atoms with E-state index < -0.39 is 0 Å². The lowest BCUT2D eigenvalue weighted by Gasteiger charge is -2.06. The standard InChI is InChI=1S/C14H13ClN4O/c1-3-20-9-17-14-11(7-16)8-18-19(14)12-5-4-10(2)13(15)6-12/h4-6,8-9H,3H2,1-2H3.